The first-order valence-corrected chi connectivity index (χ1v) is 6.74. The fourth-order valence-corrected chi connectivity index (χ4v) is 2.55. The van der Waals surface area contributed by atoms with Gasteiger partial charge in [-0.15, -0.1) is 0 Å². The number of Topliss-reactive ketones (excluding diaryl/α,β-unsaturated/α-hetero) is 1. The van der Waals surface area contributed by atoms with Crippen molar-refractivity contribution in [1.82, 2.24) is 4.37 Å². The Labute approximate surface area is 106 Å². The van der Waals surface area contributed by atoms with Gasteiger partial charge < -0.3 is 10.1 Å². The maximum atomic E-state index is 11.4. The number of aryl methyl sites for hydroxylation is 1. The molecule has 0 amide bonds. The minimum absolute atomic E-state index is 0.0673. The fraction of sp³-hybridized carbons (Fsp3) is 0.667. The molecule has 1 aromatic heterocycles. The van der Waals surface area contributed by atoms with Crippen LogP contribution in [0.4, 0.5) is 5.00 Å². The van der Waals surface area contributed by atoms with Crippen molar-refractivity contribution in [2.24, 2.45) is 5.92 Å². The van der Waals surface area contributed by atoms with Crippen LogP contribution in [0.2, 0.25) is 0 Å². The second kappa shape index (κ2) is 5.60. The van der Waals surface area contributed by atoms with E-state index in [1.165, 1.54) is 24.4 Å². The van der Waals surface area contributed by atoms with E-state index in [1.807, 2.05) is 6.92 Å². The van der Waals surface area contributed by atoms with Crippen LogP contribution in [-0.2, 0) is 4.74 Å². The summed E-state index contributed by atoms with van der Waals surface area (Å²) in [6, 6.07) is 0. The summed E-state index contributed by atoms with van der Waals surface area (Å²) in [6.07, 6.45) is 2.63. The predicted octanol–water partition coefficient (Wildman–Crippen LogP) is 2.49. The first-order valence-electron chi connectivity index (χ1n) is 5.97. The third-order valence-electron chi connectivity index (χ3n) is 2.80. The third kappa shape index (κ3) is 3.51. The Hall–Kier alpha value is -0.940. The Bertz CT molecular complexity index is 399. The number of rotatable bonds is 7. The number of aromatic nitrogens is 1. The lowest BCUT2D eigenvalue weighted by Gasteiger charge is -2.06. The summed E-state index contributed by atoms with van der Waals surface area (Å²) >= 11 is 1.34. The van der Waals surface area contributed by atoms with Gasteiger partial charge in [-0.05, 0) is 44.1 Å². The quantitative estimate of drug-likeness (QED) is 0.600. The zero-order valence-corrected chi connectivity index (χ0v) is 11.1. The van der Waals surface area contributed by atoms with Crippen LogP contribution in [0, 0.1) is 12.8 Å². The van der Waals surface area contributed by atoms with E-state index in [0.29, 0.717) is 6.61 Å². The summed E-state index contributed by atoms with van der Waals surface area (Å²) < 4.78 is 9.72. The average Bonchev–Trinajstić information content (AvgIpc) is 3.01. The highest BCUT2D eigenvalue weighted by Crippen LogP contribution is 2.28. The number of hydrogen-bond acceptors (Lipinski definition) is 5. The summed E-state index contributed by atoms with van der Waals surface area (Å²) in [5, 5.41) is 4.09. The number of ether oxygens (including phenoxy) is 1. The molecule has 1 aliphatic carbocycles. The molecule has 0 aliphatic heterocycles. The van der Waals surface area contributed by atoms with Gasteiger partial charge in [-0.2, -0.15) is 4.37 Å². The van der Waals surface area contributed by atoms with Crippen molar-refractivity contribution in [1.29, 1.82) is 0 Å². The van der Waals surface area contributed by atoms with Crippen molar-refractivity contribution in [2.45, 2.75) is 26.7 Å². The molecule has 1 heterocycles. The molecule has 0 unspecified atom stereocenters. The lowest BCUT2D eigenvalue weighted by Crippen LogP contribution is -2.11. The minimum Gasteiger partial charge on any atom is -0.379 e. The molecule has 1 saturated carbocycles. The molecule has 1 N–H and O–H groups in total. The molecule has 4 nitrogen and oxygen atoms in total. The molecular weight excluding hydrogens is 236 g/mol. The summed E-state index contributed by atoms with van der Waals surface area (Å²) in [4.78, 5) is 11.4. The number of carbonyl (C=O) groups is 1. The van der Waals surface area contributed by atoms with E-state index in [0.717, 1.165) is 35.3 Å². The van der Waals surface area contributed by atoms with Crippen LogP contribution in [0.25, 0.3) is 0 Å². The van der Waals surface area contributed by atoms with Crippen LogP contribution < -0.4 is 5.32 Å². The lowest BCUT2D eigenvalue weighted by molar-refractivity contribution is 0.101. The number of carbonyl (C=O) groups excluding carboxylic acids is 1. The van der Waals surface area contributed by atoms with Crippen molar-refractivity contribution in [3.8, 4) is 0 Å². The van der Waals surface area contributed by atoms with E-state index in [1.54, 1.807) is 6.92 Å². The summed E-state index contributed by atoms with van der Waals surface area (Å²) in [6.45, 7) is 5.73. The standard InChI is InChI=1S/C12H18N2O2S/c1-8-11(9(2)15)12(17-14-8)13-5-6-16-7-10-3-4-10/h10,13H,3-7H2,1-2H3. The molecule has 1 fully saturated rings. The largest absolute Gasteiger partial charge is 0.379 e. The second-order valence-electron chi connectivity index (χ2n) is 4.47. The highest BCUT2D eigenvalue weighted by molar-refractivity contribution is 7.10. The molecule has 1 aromatic rings. The number of nitrogens with one attached hydrogen (secondary N) is 1. The molecule has 1 aliphatic rings. The molecule has 94 valence electrons. The number of anilines is 1. The zero-order valence-electron chi connectivity index (χ0n) is 10.3. The van der Waals surface area contributed by atoms with Gasteiger partial charge in [-0.1, -0.05) is 0 Å². The van der Waals surface area contributed by atoms with E-state index in [2.05, 4.69) is 9.69 Å². The average molecular weight is 254 g/mol. The molecule has 17 heavy (non-hydrogen) atoms. The maximum Gasteiger partial charge on any atom is 0.164 e. The lowest BCUT2D eigenvalue weighted by atomic mass is 10.2. The van der Waals surface area contributed by atoms with Crippen molar-refractivity contribution >= 4 is 22.3 Å². The topological polar surface area (TPSA) is 51.2 Å². The molecule has 2 rings (SSSR count). The van der Waals surface area contributed by atoms with Gasteiger partial charge in [-0.3, -0.25) is 4.79 Å². The van der Waals surface area contributed by atoms with Crippen LogP contribution in [0.1, 0.15) is 35.8 Å². The van der Waals surface area contributed by atoms with Crippen molar-refractivity contribution in [2.75, 3.05) is 25.1 Å². The molecule has 5 heteroatoms. The highest BCUT2D eigenvalue weighted by Gasteiger charge is 2.21. The molecule has 0 saturated heterocycles. The Kier molecular flexibility index (Phi) is 4.12. The summed E-state index contributed by atoms with van der Waals surface area (Å²) in [7, 11) is 0. The van der Waals surface area contributed by atoms with Crippen LogP contribution in [0.15, 0.2) is 0 Å². The Morgan fingerprint density at radius 3 is 3.00 bits per heavy atom. The number of nitrogens with zero attached hydrogens (tertiary/aromatic N) is 1. The van der Waals surface area contributed by atoms with Gasteiger partial charge in [0.1, 0.15) is 5.00 Å². The summed E-state index contributed by atoms with van der Waals surface area (Å²) in [5.41, 5.74) is 1.53. The van der Waals surface area contributed by atoms with Gasteiger partial charge in [0.2, 0.25) is 0 Å². The van der Waals surface area contributed by atoms with E-state index in [4.69, 9.17) is 4.74 Å². The van der Waals surface area contributed by atoms with Gasteiger partial charge in [0.25, 0.3) is 0 Å². The SMILES string of the molecule is CC(=O)c1c(C)nsc1NCCOCC1CC1. The maximum absolute atomic E-state index is 11.4. The van der Waals surface area contributed by atoms with Gasteiger partial charge >= 0.3 is 0 Å². The Morgan fingerprint density at radius 2 is 2.35 bits per heavy atom. The highest BCUT2D eigenvalue weighted by atomic mass is 32.1. The van der Waals surface area contributed by atoms with Gasteiger partial charge in [0.15, 0.2) is 5.78 Å². The number of hydrogen-bond donors (Lipinski definition) is 1. The third-order valence-corrected chi connectivity index (χ3v) is 3.69. The van der Waals surface area contributed by atoms with Gasteiger partial charge in [-0.25, -0.2) is 0 Å². The number of ketones is 1. The molecule has 0 spiro atoms. The molecule has 0 bridgehead atoms. The van der Waals surface area contributed by atoms with Gasteiger partial charge in [0, 0.05) is 13.2 Å². The Morgan fingerprint density at radius 1 is 1.59 bits per heavy atom. The molecule has 0 radical (unpaired) electrons. The van der Waals surface area contributed by atoms with E-state index in [9.17, 15) is 4.79 Å². The molecule has 0 atom stereocenters. The minimum atomic E-state index is 0.0673. The van der Waals surface area contributed by atoms with E-state index < -0.39 is 0 Å². The summed E-state index contributed by atoms with van der Waals surface area (Å²) in [5.74, 6) is 0.867. The molecular formula is C12H18N2O2S. The van der Waals surface area contributed by atoms with Gasteiger partial charge in [0.05, 0.1) is 17.9 Å². The van der Waals surface area contributed by atoms with Crippen molar-refractivity contribution < 1.29 is 9.53 Å². The van der Waals surface area contributed by atoms with Crippen LogP contribution in [0.5, 0.6) is 0 Å². The second-order valence-corrected chi connectivity index (χ2v) is 5.25. The molecule has 0 aromatic carbocycles. The van der Waals surface area contributed by atoms with Crippen LogP contribution in [0.3, 0.4) is 0 Å². The van der Waals surface area contributed by atoms with E-state index >= 15 is 0 Å². The first kappa shape index (κ1) is 12.5. The van der Waals surface area contributed by atoms with Crippen molar-refractivity contribution in [3.05, 3.63) is 11.3 Å². The monoisotopic (exact) mass is 254 g/mol. The first-order chi connectivity index (χ1) is 8.18. The van der Waals surface area contributed by atoms with Crippen molar-refractivity contribution in [3.63, 3.8) is 0 Å². The van der Waals surface area contributed by atoms with Crippen LogP contribution >= 0.6 is 11.5 Å². The predicted molar refractivity (Wildman–Crippen MR) is 68.9 cm³/mol. The normalized spacial score (nSPS) is 14.9. The zero-order chi connectivity index (χ0) is 12.3. The Balaban J connectivity index is 1.75. The van der Waals surface area contributed by atoms with Crippen LogP contribution in [-0.4, -0.2) is 29.9 Å². The van der Waals surface area contributed by atoms with E-state index in [-0.39, 0.29) is 5.78 Å². The smallest absolute Gasteiger partial charge is 0.164 e. The fourth-order valence-electron chi connectivity index (χ4n) is 1.68.